The van der Waals surface area contributed by atoms with Crippen molar-refractivity contribution in [3.63, 3.8) is 0 Å². The summed E-state index contributed by atoms with van der Waals surface area (Å²) in [5, 5.41) is 4.26. The number of fused-ring (bicyclic) bond motifs is 2. The Balaban J connectivity index is 1.94. The molecule has 1 saturated heterocycles. The standard InChI is InChI=1S/C17H24ClN3O3/c1-10-11-5-12(7-17(2,3)6-11)21(10)13-8-19-20(9-14(22)24-4)16(23)15(13)18/h8,10-12H,5-7,9H2,1-4H3/t10-,11+,12-/m1/s1. The van der Waals surface area contributed by atoms with Crippen molar-refractivity contribution in [2.75, 3.05) is 12.0 Å². The van der Waals surface area contributed by atoms with Crippen molar-refractivity contribution >= 4 is 23.3 Å². The minimum Gasteiger partial charge on any atom is -0.468 e. The molecule has 7 heteroatoms. The Morgan fingerprint density at radius 2 is 2.17 bits per heavy atom. The van der Waals surface area contributed by atoms with Gasteiger partial charge < -0.3 is 9.64 Å². The third-order valence-corrected chi connectivity index (χ3v) is 5.80. The smallest absolute Gasteiger partial charge is 0.327 e. The summed E-state index contributed by atoms with van der Waals surface area (Å²) in [6, 6.07) is 0.704. The van der Waals surface area contributed by atoms with Gasteiger partial charge in [-0.15, -0.1) is 0 Å². The van der Waals surface area contributed by atoms with Crippen LogP contribution in [-0.2, 0) is 16.1 Å². The van der Waals surface area contributed by atoms with E-state index < -0.39 is 11.5 Å². The normalized spacial score (nSPS) is 28.0. The molecule has 2 heterocycles. The van der Waals surface area contributed by atoms with Crippen molar-refractivity contribution in [1.82, 2.24) is 9.78 Å². The molecular weight excluding hydrogens is 330 g/mol. The van der Waals surface area contributed by atoms with Gasteiger partial charge in [0.1, 0.15) is 11.6 Å². The average molecular weight is 354 g/mol. The number of anilines is 1. The summed E-state index contributed by atoms with van der Waals surface area (Å²) in [6.45, 7) is 6.57. The molecule has 0 unspecified atom stereocenters. The van der Waals surface area contributed by atoms with E-state index in [-0.39, 0.29) is 11.6 Å². The van der Waals surface area contributed by atoms with Gasteiger partial charge in [0.05, 0.1) is 19.0 Å². The van der Waals surface area contributed by atoms with Crippen LogP contribution in [0.5, 0.6) is 0 Å². The van der Waals surface area contributed by atoms with Crippen molar-refractivity contribution < 1.29 is 9.53 Å². The monoisotopic (exact) mass is 353 g/mol. The number of esters is 1. The Kier molecular flexibility index (Phi) is 4.36. The van der Waals surface area contributed by atoms with Crippen LogP contribution in [0, 0.1) is 11.3 Å². The third kappa shape index (κ3) is 2.92. The molecule has 2 bridgehead atoms. The molecule has 1 aromatic heterocycles. The lowest BCUT2D eigenvalue weighted by atomic mass is 9.71. The topological polar surface area (TPSA) is 64.4 Å². The summed E-state index contributed by atoms with van der Waals surface area (Å²) in [5.74, 6) is 0.0767. The fraction of sp³-hybridized carbons (Fsp3) is 0.706. The Bertz CT molecular complexity index is 716. The molecule has 3 atom stereocenters. The molecule has 132 valence electrons. The number of carbonyl (C=O) groups excluding carboxylic acids is 1. The average Bonchev–Trinajstić information content (AvgIpc) is 2.74. The molecule has 1 aliphatic carbocycles. The van der Waals surface area contributed by atoms with Gasteiger partial charge in [-0.3, -0.25) is 9.59 Å². The molecule has 0 amide bonds. The van der Waals surface area contributed by atoms with Crippen LogP contribution in [-0.4, -0.2) is 34.9 Å². The van der Waals surface area contributed by atoms with Gasteiger partial charge in [0, 0.05) is 12.1 Å². The molecule has 1 saturated carbocycles. The molecule has 0 radical (unpaired) electrons. The molecule has 1 aliphatic heterocycles. The predicted octanol–water partition coefficient (Wildman–Crippen LogP) is 2.47. The Morgan fingerprint density at radius 1 is 1.46 bits per heavy atom. The number of nitrogens with zero attached hydrogens (tertiary/aromatic N) is 3. The molecular formula is C17H24ClN3O3. The van der Waals surface area contributed by atoms with Gasteiger partial charge in [0.25, 0.3) is 5.56 Å². The van der Waals surface area contributed by atoms with Gasteiger partial charge in [0.15, 0.2) is 0 Å². The number of ether oxygens (including phenoxy) is 1. The lowest BCUT2D eigenvalue weighted by molar-refractivity contribution is -0.141. The summed E-state index contributed by atoms with van der Waals surface area (Å²) in [5.41, 5.74) is 0.532. The van der Waals surface area contributed by atoms with E-state index in [0.29, 0.717) is 29.1 Å². The Labute approximate surface area is 146 Å². The highest BCUT2D eigenvalue weighted by molar-refractivity contribution is 6.33. The quantitative estimate of drug-likeness (QED) is 0.781. The molecule has 1 aromatic rings. The number of methoxy groups -OCH3 is 1. The van der Waals surface area contributed by atoms with Gasteiger partial charge >= 0.3 is 5.97 Å². The van der Waals surface area contributed by atoms with Crippen LogP contribution in [0.3, 0.4) is 0 Å². The molecule has 6 nitrogen and oxygen atoms in total. The van der Waals surface area contributed by atoms with Gasteiger partial charge in [-0.25, -0.2) is 4.68 Å². The maximum absolute atomic E-state index is 12.5. The van der Waals surface area contributed by atoms with Gasteiger partial charge in [-0.05, 0) is 37.5 Å². The largest absolute Gasteiger partial charge is 0.468 e. The van der Waals surface area contributed by atoms with Crippen molar-refractivity contribution in [3.8, 4) is 0 Å². The van der Waals surface area contributed by atoms with Crippen molar-refractivity contribution in [3.05, 3.63) is 21.6 Å². The van der Waals surface area contributed by atoms with Crippen LogP contribution in [0.25, 0.3) is 0 Å². The van der Waals surface area contributed by atoms with E-state index in [4.69, 9.17) is 11.6 Å². The summed E-state index contributed by atoms with van der Waals surface area (Å²) < 4.78 is 5.63. The highest BCUT2D eigenvalue weighted by Gasteiger charge is 2.47. The Hall–Kier alpha value is -1.56. The van der Waals surface area contributed by atoms with Crippen LogP contribution in [0.2, 0.25) is 5.02 Å². The zero-order chi connectivity index (χ0) is 17.6. The van der Waals surface area contributed by atoms with Gasteiger partial charge in [0.2, 0.25) is 0 Å². The third-order valence-electron chi connectivity index (χ3n) is 5.44. The molecule has 2 aliphatic rings. The zero-order valence-corrected chi connectivity index (χ0v) is 15.3. The van der Waals surface area contributed by atoms with Crippen LogP contribution in [0.15, 0.2) is 11.0 Å². The minimum absolute atomic E-state index is 0.131. The lowest BCUT2D eigenvalue weighted by Gasteiger charge is -2.35. The second-order valence-corrected chi connectivity index (χ2v) is 8.13. The zero-order valence-electron chi connectivity index (χ0n) is 14.6. The molecule has 3 rings (SSSR count). The first-order valence-corrected chi connectivity index (χ1v) is 8.72. The highest BCUT2D eigenvalue weighted by atomic mass is 35.5. The van der Waals surface area contributed by atoms with Crippen molar-refractivity contribution in [2.45, 2.75) is 58.7 Å². The number of aromatic nitrogens is 2. The number of hydrogen-bond acceptors (Lipinski definition) is 5. The SMILES string of the molecule is COC(=O)Cn1ncc(N2[C@@H]3C[C@@H](CC(C)(C)C3)[C@H]2C)c(Cl)c1=O. The second kappa shape index (κ2) is 6.06. The van der Waals surface area contributed by atoms with Crippen LogP contribution in [0.1, 0.15) is 40.0 Å². The summed E-state index contributed by atoms with van der Waals surface area (Å²) >= 11 is 6.36. The van der Waals surface area contributed by atoms with E-state index in [1.54, 1.807) is 6.20 Å². The van der Waals surface area contributed by atoms with Gasteiger partial charge in [-0.1, -0.05) is 25.4 Å². The van der Waals surface area contributed by atoms with Gasteiger partial charge in [-0.2, -0.15) is 5.10 Å². The second-order valence-electron chi connectivity index (χ2n) is 7.75. The first kappa shape index (κ1) is 17.3. The fourth-order valence-corrected chi connectivity index (χ4v) is 4.68. The maximum atomic E-state index is 12.5. The number of hydrogen-bond donors (Lipinski definition) is 0. The molecule has 2 fully saturated rings. The summed E-state index contributed by atoms with van der Waals surface area (Å²) in [7, 11) is 1.28. The van der Waals surface area contributed by atoms with Crippen LogP contribution in [0.4, 0.5) is 5.69 Å². The molecule has 0 spiro atoms. The first-order valence-electron chi connectivity index (χ1n) is 8.34. The maximum Gasteiger partial charge on any atom is 0.327 e. The van der Waals surface area contributed by atoms with E-state index in [1.165, 1.54) is 13.5 Å². The Morgan fingerprint density at radius 3 is 2.83 bits per heavy atom. The van der Waals surface area contributed by atoms with Crippen molar-refractivity contribution in [1.29, 1.82) is 0 Å². The summed E-state index contributed by atoms with van der Waals surface area (Å²) in [6.07, 6.45) is 5.00. The molecule has 24 heavy (non-hydrogen) atoms. The van der Waals surface area contributed by atoms with E-state index in [1.807, 2.05) is 0 Å². The van der Waals surface area contributed by atoms with E-state index in [2.05, 4.69) is 35.5 Å². The predicted molar refractivity (Wildman–Crippen MR) is 92.4 cm³/mol. The summed E-state index contributed by atoms with van der Waals surface area (Å²) in [4.78, 5) is 26.1. The molecule has 0 N–H and O–H groups in total. The fourth-order valence-electron chi connectivity index (χ4n) is 4.44. The highest BCUT2D eigenvalue weighted by Crippen LogP contribution is 2.50. The van der Waals surface area contributed by atoms with Crippen LogP contribution >= 0.6 is 11.6 Å². The van der Waals surface area contributed by atoms with Crippen molar-refractivity contribution in [2.24, 2.45) is 11.3 Å². The van der Waals surface area contributed by atoms with Crippen LogP contribution < -0.4 is 10.5 Å². The minimum atomic E-state index is -0.527. The van der Waals surface area contributed by atoms with E-state index in [0.717, 1.165) is 17.5 Å². The number of halogens is 1. The first-order chi connectivity index (χ1) is 11.2. The van der Waals surface area contributed by atoms with E-state index >= 15 is 0 Å². The van der Waals surface area contributed by atoms with E-state index in [9.17, 15) is 9.59 Å². The lowest BCUT2D eigenvalue weighted by Crippen LogP contribution is -2.38. The number of rotatable bonds is 3. The number of carbonyl (C=O) groups is 1. The molecule has 0 aromatic carbocycles.